The highest BCUT2D eigenvalue weighted by Crippen LogP contribution is 2.13. The summed E-state index contributed by atoms with van der Waals surface area (Å²) < 4.78 is 32.4. The molecule has 0 aliphatic carbocycles. The smallest absolute Gasteiger partial charge is 0.282 e. The minimum Gasteiger partial charge on any atom is -0.379 e. The Labute approximate surface area is 90.5 Å². The molecule has 0 aromatic carbocycles. The molecule has 6 heteroatoms. The van der Waals surface area contributed by atoms with Gasteiger partial charge >= 0.3 is 0 Å². The standard InChI is InChI=1S/C9H16N2O3S/c12-15(13,10-4-2-1-3-5-10)11-6-8-14-9-7-11/h1-2H,3-9H2. The fraction of sp³-hybridized carbons (Fsp3) is 0.778. The molecule has 0 unspecified atom stereocenters. The van der Waals surface area contributed by atoms with Gasteiger partial charge in [0.2, 0.25) is 0 Å². The summed E-state index contributed by atoms with van der Waals surface area (Å²) in [6.07, 6.45) is 4.73. The zero-order chi connectivity index (χ0) is 10.7. The van der Waals surface area contributed by atoms with E-state index in [1.54, 1.807) is 0 Å². The van der Waals surface area contributed by atoms with E-state index in [2.05, 4.69) is 0 Å². The van der Waals surface area contributed by atoms with Gasteiger partial charge in [-0.3, -0.25) is 0 Å². The third-order valence-corrected chi connectivity index (χ3v) is 4.65. The average Bonchev–Trinajstić information content (AvgIpc) is 2.31. The van der Waals surface area contributed by atoms with Crippen molar-refractivity contribution < 1.29 is 13.2 Å². The molecule has 0 aromatic heterocycles. The Kier molecular flexibility index (Phi) is 3.40. The highest BCUT2D eigenvalue weighted by molar-refractivity contribution is 7.86. The molecule has 0 atom stereocenters. The summed E-state index contributed by atoms with van der Waals surface area (Å²) in [4.78, 5) is 0. The second-order valence-electron chi connectivity index (χ2n) is 3.64. The number of morpholine rings is 1. The Morgan fingerprint density at radius 1 is 1.00 bits per heavy atom. The van der Waals surface area contributed by atoms with E-state index in [0.717, 1.165) is 6.42 Å². The highest BCUT2D eigenvalue weighted by Gasteiger charge is 2.30. The van der Waals surface area contributed by atoms with Crippen LogP contribution < -0.4 is 0 Å². The van der Waals surface area contributed by atoms with Crippen LogP contribution in [-0.4, -0.2) is 56.4 Å². The van der Waals surface area contributed by atoms with Crippen molar-refractivity contribution in [2.24, 2.45) is 0 Å². The Morgan fingerprint density at radius 2 is 1.73 bits per heavy atom. The molecular weight excluding hydrogens is 216 g/mol. The van der Waals surface area contributed by atoms with Gasteiger partial charge in [0.25, 0.3) is 10.2 Å². The summed E-state index contributed by atoms with van der Waals surface area (Å²) >= 11 is 0. The zero-order valence-electron chi connectivity index (χ0n) is 8.63. The first-order chi connectivity index (χ1) is 7.21. The molecule has 15 heavy (non-hydrogen) atoms. The van der Waals surface area contributed by atoms with Crippen LogP contribution in [0, 0.1) is 0 Å². The summed E-state index contributed by atoms with van der Waals surface area (Å²) in [5, 5.41) is 0. The van der Waals surface area contributed by atoms with Crippen molar-refractivity contribution in [1.29, 1.82) is 0 Å². The van der Waals surface area contributed by atoms with Crippen LogP contribution in [0.1, 0.15) is 6.42 Å². The molecule has 0 saturated carbocycles. The van der Waals surface area contributed by atoms with Crippen molar-refractivity contribution >= 4 is 10.2 Å². The Morgan fingerprint density at radius 3 is 2.33 bits per heavy atom. The maximum Gasteiger partial charge on any atom is 0.282 e. The van der Waals surface area contributed by atoms with Crippen molar-refractivity contribution in [2.45, 2.75) is 6.42 Å². The summed E-state index contributed by atoms with van der Waals surface area (Å²) in [6.45, 7) is 3.05. The predicted molar refractivity (Wildman–Crippen MR) is 56.6 cm³/mol. The lowest BCUT2D eigenvalue weighted by atomic mass is 10.3. The first kappa shape index (κ1) is 11.1. The van der Waals surface area contributed by atoms with Gasteiger partial charge in [-0.25, -0.2) is 0 Å². The molecule has 0 spiro atoms. The molecule has 86 valence electrons. The average molecular weight is 232 g/mol. The maximum absolute atomic E-state index is 12.1. The van der Waals surface area contributed by atoms with Gasteiger partial charge in [-0.1, -0.05) is 12.2 Å². The molecule has 2 aliphatic rings. The van der Waals surface area contributed by atoms with E-state index in [9.17, 15) is 8.42 Å². The Balaban J connectivity index is 2.07. The molecule has 5 nitrogen and oxygen atoms in total. The first-order valence-electron chi connectivity index (χ1n) is 5.19. The van der Waals surface area contributed by atoms with Crippen molar-refractivity contribution in [1.82, 2.24) is 8.61 Å². The highest BCUT2D eigenvalue weighted by atomic mass is 32.2. The quantitative estimate of drug-likeness (QED) is 0.621. The predicted octanol–water partition coefficient (Wildman–Crippen LogP) is -0.175. The van der Waals surface area contributed by atoms with Crippen LogP contribution in [0.2, 0.25) is 0 Å². The van der Waals surface area contributed by atoms with Crippen molar-refractivity contribution in [3.8, 4) is 0 Å². The summed E-state index contributed by atoms with van der Waals surface area (Å²) in [6, 6.07) is 0. The van der Waals surface area contributed by atoms with Crippen LogP contribution in [-0.2, 0) is 14.9 Å². The number of rotatable bonds is 2. The van der Waals surface area contributed by atoms with Gasteiger partial charge in [0.05, 0.1) is 13.2 Å². The minimum absolute atomic E-state index is 0.475. The molecule has 2 heterocycles. The van der Waals surface area contributed by atoms with Gasteiger partial charge in [-0.15, -0.1) is 0 Å². The molecule has 1 fully saturated rings. The SMILES string of the molecule is O=S(=O)(N1CC=CCC1)N1CCOCC1. The van der Waals surface area contributed by atoms with Gasteiger partial charge in [0, 0.05) is 26.2 Å². The van der Waals surface area contributed by atoms with Crippen molar-refractivity contribution in [3.63, 3.8) is 0 Å². The first-order valence-corrected chi connectivity index (χ1v) is 6.59. The van der Waals surface area contributed by atoms with Gasteiger partial charge in [0.15, 0.2) is 0 Å². The van der Waals surface area contributed by atoms with Crippen molar-refractivity contribution in [2.75, 3.05) is 39.4 Å². The van der Waals surface area contributed by atoms with E-state index in [1.165, 1.54) is 8.61 Å². The maximum atomic E-state index is 12.1. The van der Waals surface area contributed by atoms with E-state index >= 15 is 0 Å². The van der Waals surface area contributed by atoms with E-state index in [-0.39, 0.29) is 0 Å². The number of hydrogen-bond acceptors (Lipinski definition) is 3. The minimum atomic E-state index is -3.25. The number of ether oxygens (including phenoxy) is 1. The molecule has 2 rings (SSSR count). The molecule has 0 N–H and O–H groups in total. The summed E-state index contributed by atoms with van der Waals surface area (Å²) in [5.74, 6) is 0. The lowest BCUT2D eigenvalue weighted by Gasteiger charge is -2.32. The van der Waals surface area contributed by atoms with Crippen LogP contribution in [0.5, 0.6) is 0 Å². The number of hydrogen-bond donors (Lipinski definition) is 0. The van der Waals surface area contributed by atoms with Crippen LogP contribution in [0.15, 0.2) is 12.2 Å². The Hall–Kier alpha value is -0.430. The molecule has 1 saturated heterocycles. The fourth-order valence-corrected chi connectivity index (χ4v) is 3.32. The van der Waals surface area contributed by atoms with Crippen LogP contribution >= 0.6 is 0 Å². The summed E-state index contributed by atoms with van der Waals surface area (Å²) in [5.41, 5.74) is 0. The van der Waals surface area contributed by atoms with Gasteiger partial charge < -0.3 is 4.74 Å². The van der Waals surface area contributed by atoms with Gasteiger partial charge in [-0.05, 0) is 6.42 Å². The van der Waals surface area contributed by atoms with E-state index in [4.69, 9.17) is 4.74 Å². The molecule has 2 aliphatic heterocycles. The monoisotopic (exact) mass is 232 g/mol. The Bertz CT molecular complexity index is 333. The number of nitrogens with zero attached hydrogens (tertiary/aromatic N) is 2. The third-order valence-electron chi connectivity index (χ3n) is 2.64. The lowest BCUT2D eigenvalue weighted by molar-refractivity contribution is 0.0703. The zero-order valence-corrected chi connectivity index (χ0v) is 9.45. The molecule has 0 amide bonds. The normalized spacial score (nSPS) is 25.6. The van der Waals surface area contributed by atoms with Crippen LogP contribution in [0.3, 0.4) is 0 Å². The summed E-state index contributed by atoms with van der Waals surface area (Å²) in [7, 11) is -3.25. The third kappa shape index (κ3) is 2.39. The molecular formula is C9H16N2O3S. The van der Waals surface area contributed by atoms with Gasteiger partial charge in [0.1, 0.15) is 0 Å². The van der Waals surface area contributed by atoms with Crippen molar-refractivity contribution in [3.05, 3.63) is 12.2 Å². The largest absolute Gasteiger partial charge is 0.379 e. The molecule has 0 aromatic rings. The van der Waals surface area contributed by atoms with Crippen LogP contribution in [0.4, 0.5) is 0 Å². The topological polar surface area (TPSA) is 49.9 Å². The molecule has 0 radical (unpaired) electrons. The second kappa shape index (κ2) is 4.61. The van der Waals surface area contributed by atoms with E-state index in [1.807, 2.05) is 12.2 Å². The molecule has 0 bridgehead atoms. The van der Waals surface area contributed by atoms with Crippen LogP contribution in [0.25, 0.3) is 0 Å². The van der Waals surface area contributed by atoms with Gasteiger partial charge in [-0.2, -0.15) is 17.0 Å². The fourth-order valence-electron chi connectivity index (χ4n) is 1.77. The van der Waals surface area contributed by atoms with E-state index < -0.39 is 10.2 Å². The van der Waals surface area contributed by atoms with E-state index in [0.29, 0.717) is 39.4 Å². The second-order valence-corrected chi connectivity index (χ2v) is 5.57. The lowest BCUT2D eigenvalue weighted by Crippen LogP contribution is -2.49.